The molecule has 1 aliphatic rings. The third kappa shape index (κ3) is 3.42. The van der Waals surface area contributed by atoms with Crippen molar-refractivity contribution in [2.75, 3.05) is 0 Å². The van der Waals surface area contributed by atoms with Gasteiger partial charge in [-0.2, -0.15) is 4.98 Å². The van der Waals surface area contributed by atoms with Crippen LogP contribution in [-0.2, 0) is 5.54 Å². The molecule has 1 saturated carbocycles. The van der Waals surface area contributed by atoms with Crippen molar-refractivity contribution >= 4 is 24.2 Å². The summed E-state index contributed by atoms with van der Waals surface area (Å²) in [6.45, 7) is 4.16. The fraction of sp³-hybridized carbons (Fsp3) is 0.467. The average molecular weight is 326 g/mol. The van der Waals surface area contributed by atoms with Gasteiger partial charge in [0.05, 0.1) is 10.8 Å². The molecular weight excluding hydrogens is 306 g/mol. The normalized spacial score (nSPS) is 17.7. The maximum atomic E-state index is 6.22. The average Bonchev–Trinajstić information content (AvgIpc) is 2.89. The highest BCUT2D eigenvalue weighted by molar-refractivity contribution is 7.99. The molecule has 1 fully saturated rings. The van der Waals surface area contributed by atoms with Crippen LogP contribution in [0.25, 0.3) is 0 Å². The van der Waals surface area contributed by atoms with Crippen LogP contribution in [0.15, 0.2) is 33.7 Å². The van der Waals surface area contributed by atoms with Crippen molar-refractivity contribution in [1.82, 2.24) is 10.1 Å². The molecule has 0 bridgehead atoms. The summed E-state index contributed by atoms with van der Waals surface area (Å²) in [5.74, 6) is 1.32. The Bertz CT molecular complexity index is 595. The molecule has 114 valence electrons. The van der Waals surface area contributed by atoms with Crippen molar-refractivity contribution in [3.63, 3.8) is 0 Å². The lowest BCUT2D eigenvalue weighted by Crippen LogP contribution is -2.44. The van der Waals surface area contributed by atoms with Crippen LogP contribution >= 0.6 is 24.2 Å². The third-order valence-electron chi connectivity index (χ3n) is 3.81. The summed E-state index contributed by atoms with van der Waals surface area (Å²) in [5.41, 5.74) is 7.13. The second-order valence-electron chi connectivity index (χ2n) is 5.54. The van der Waals surface area contributed by atoms with Gasteiger partial charge in [-0.15, -0.1) is 24.2 Å². The number of nitrogens with two attached hydrogens (primary N) is 1. The number of nitrogens with zero attached hydrogens (tertiary/aromatic N) is 2. The van der Waals surface area contributed by atoms with Crippen molar-refractivity contribution in [2.45, 2.75) is 48.8 Å². The van der Waals surface area contributed by atoms with Crippen LogP contribution in [0, 0.1) is 6.92 Å². The number of halogens is 1. The number of aryl methyl sites for hydroxylation is 1. The molecule has 3 rings (SSSR count). The standard InChI is InChI=1S/C15H19N3OS.ClH/c1-10-4-6-12(7-5-10)20-11(2)13-17-14(18-19-13)15(16)8-3-9-15;/h4-7,11H,3,8-9,16H2,1-2H3;1H. The summed E-state index contributed by atoms with van der Waals surface area (Å²) in [7, 11) is 0. The topological polar surface area (TPSA) is 64.9 Å². The number of benzene rings is 1. The van der Waals surface area contributed by atoms with Gasteiger partial charge in [0.15, 0.2) is 5.82 Å². The Kier molecular flexibility index (Phi) is 4.96. The van der Waals surface area contributed by atoms with Gasteiger partial charge in [0.2, 0.25) is 5.89 Å². The molecule has 0 saturated heterocycles. The molecule has 0 spiro atoms. The summed E-state index contributed by atoms with van der Waals surface area (Å²) in [6, 6.07) is 8.45. The van der Waals surface area contributed by atoms with Gasteiger partial charge in [0.1, 0.15) is 0 Å². The largest absolute Gasteiger partial charge is 0.338 e. The molecule has 4 nitrogen and oxygen atoms in total. The Hall–Kier alpha value is -1.04. The summed E-state index contributed by atoms with van der Waals surface area (Å²) < 4.78 is 5.38. The quantitative estimate of drug-likeness (QED) is 0.861. The Morgan fingerprint density at radius 2 is 1.95 bits per heavy atom. The van der Waals surface area contributed by atoms with Crippen LogP contribution in [0.4, 0.5) is 0 Å². The number of hydrogen-bond acceptors (Lipinski definition) is 5. The minimum atomic E-state index is -0.351. The van der Waals surface area contributed by atoms with Crippen molar-refractivity contribution in [3.8, 4) is 0 Å². The fourth-order valence-corrected chi connectivity index (χ4v) is 3.15. The van der Waals surface area contributed by atoms with E-state index in [4.69, 9.17) is 10.3 Å². The lowest BCUT2D eigenvalue weighted by atomic mass is 9.77. The molecule has 1 aromatic heterocycles. The van der Waals surface area contributed by atoms with Crippen LogP contribution < -0.4 is 5.73 Å². The molecule has 6 heteroatoms. The maximum Gasteiger partial charge on any atom is 0.239 e. The molecule has 2 aromatic rings. The van der Waals surface area contributed by atoms with E-state index in [1.54, 1.807) is 11.8 Å². The second-order valence-corrected chi connectivity index (χ2v) is 6.95. The third-order valence-corrected chi connectivity index (χ3v) is 4.91. The number of aromatic nitrogens is 2. The zero-order valence-corrected chi connectivity index (χ0v) is 13.8. The minimum Gasteiger partial charge on any atom is -0.338 e. The van der Waals surface area contributed by atoms with Crippen LogP contribution in [-0.4, -0.2) is 10.1 Å². The molecule has 0 aliphatic heterocycles. The number of hydrogen-bond donors (Lipinski definition) is 1. The summed E-state index contributed by atoms with van der Waals surface area (Å²) in [6.07, 6.45) is 3.05. The van der Waals surface area contributed by atoms with Gasteiger partial charge in [-0.1, -0.05) is 22.9 Å². The first kappa shape index (κ1) is 16.3. The monoisotopic (exact) mass is 325 g/mol. The van der Waals surface area contributed by atoms with E-state index in [0.29, 0.717) is 11.7 Å². The summed E-state index contributed by atoms with van der Waals surface area (Å²) in [4.78, 5) is 5.70. The van der Waals surface area contributed by atoms with Crippen molar-refractivity contribution in [2.24, 2.45) is 5.73 Å². The van der Waals surface area contributed by atoms with Crippen LogP contribution in [0.2, 0.25) is 0 Å². The Labute approximate surface area is 135 Å². The molecule has 21 heavy (non-hydrogen) atoms. The van der Waals surface area contributed by atoms with E-state index >= 15 is 0 Å². The predicted octanol–water partition coefficient (Wildman–Crippen LogP) is 3.99. The van der Waals surface area contributed by atoms with Crippen LogP contribution in [0.1, 0.15) is 48.7 Å². The molecule has 0 radical (unpaired) electrons. The Balaban J connectivity index is 0.00000161. The molecule has 1 aliphatic carbocycles. The SMILES string of the molecule is Cc1ccc(SC(C)c2nc(C3(N)CCC3)no2)cc1.Cl. The van der Waals surface area contributed by atoms with E-state index in [-0.39, 0.29) is 23.2 Å². The van der Waals surface area contributed by atoms with Gasteiger partial charge in [-0.3, -0.25) is 0 Å². The lowest BCUT2D eigenvalue weighted by molar-refractivity contribution is 0.229. The van der Waals surface area contributed by atoms with E-state index in [1.165, 1.54) is 10.5 Å². The van der Waals surface area contributed by atoms with Crippen molar-refractivity contribution in [1.29, 1.82) is 0 Å². The fourth-order valence-electron chi connectivity index (χ4n) is 2.26. The highest BCUT2D eigenvalue weighted by atomic mass is 35.5. The van der Waals surface area contributed by atoms with Crippen molar-refractivity contribution in [3.05, 3.63) is 41.5 Å². The van der Waals surface area contributed by atoms with Gasteiger partial charge in [-0.05, 0) is 45.2 Å². The zero-order valence-electron chi connectivity index (χ0n) is 12.2. The molecule has 1 heterocycles. The van der Waals surface area contributed by atoms with Gasteiger partial charge in [-0.25, -0.2) is 0 Å². The highest BCUT2D eigenvalue weighted by Crippen LogP contribution is 2.39. The van der Waals surface area contributed by atoms with Gasteiger partial charge < -0.3 is 10.3 Å². The first-order chi connectivity index (χ1) is 9.57. The Morgan fingerprint density at radius 1 is 1.29 bits per heavy atom. The van der Waals surface area contributed by atoms with E-state index < -0.39 is 0 Å². The second kappa shape index (κ2) is 6.38. The van der Waals surface area contributed by atoms with Gasteiger partial charge in [0, 0.05) is 4.90 Å². The molecule has 1 atom stereocenters. The lowest BCUT2D eigenvalue weighted by Gasteiger charge is -2.34. The molecule has 0 amide bonds. The molecule has 1 aromatic carbocycles. The first-order valence-corrected chi connectivity index (χ1v) is 7.81. The summed E-state index contributed by atoms with van der Waals surface area (Å²) in [5, 5.41) is 4.19. The molecule has 2 N–H and O–H groups in total. The Morgan fingerprint density at radius 3 is 2.52 bits per heavy atom. The van der Waals surface area contributed by atoms with E-state index in [9.17, 15) is 0 Å². The van der Waals surface area contributed by atoms with Crippen molar-refractivity contribution < 1.29 is 4.52 Å². The molecule has 1 unspecified atom stereocenters. The van der Waals surface area contributed by atoms with Crippen LogP contribution in [0.3, 0.4) is 0 Å². The van der Waals surface area contributed by atoms with E-state index in [0.717, 1.165) is 19.3 Å². The van der Waals surface area contributed by atoms with E-state index in [2.05, 4.69) is 48.3 Å². The minimum absolute atomic E-state index is 0. The van der Waals surface area contributed by atoms with Crippen LogP contribution in [0.5, 0.6) is 0 Å². The molecular formula is C15H20ClN3OS. The van der Waals surface area contributed by atoms with Gasteiger partial charge >= 0.3 is 0 Å². The first-order valence-electron chi connectivity index (χ1n) is 6.93. The smallest absolute Gasteiger partial charge is 0.239 e. The number of thioether (sulfide) groups is 1. The zero-order chi connectivity index (χ0) is 14.2. The maximum absolute atomic E-state index is 6.22. The van der Waals surface area contributed by atoms with Gasteiger partial charge in [0.25, 0.3) is 0 Å². The highest BCUT2D eigenvalue weighted by Gasteiger charge is 2.39. The predicted molar refractivity (Wildman–Crippen MR) is 86.7 cm³/mol. The summed E-state index contributed by atoms with van der Waals surface area (Å²) >= 11 is 1.72. The van der Waals surface area contributed by atoms with E-state index in [1.807, 2.05) is 0 Å². The number of rotatable bonds is 4.